The van der Waals surface area contributed by atoms with Crippen LogP contribution in [0.3, 0.4) is 0 Å². The minimum absolute atomic E-state index is 0.288. The maximum atomic E-state index is 10.5. The highest BCUT2D eigenvalue weighted by atomic mass is 16.6. The largest absolute Gasteiger partial charge is 0.460 e. The van der Waals surface area contributed by atoms with E-state index in [2.05, 4.69) is 6.58 Å². The maximum absolute atomic E-state index is 10.5. The highest BCUT2D eigenvalue weighted by Crippen LogP contribution is 2.12. The summed E-state index contributed by atoms with van der Waals surface area (Å²) in [5.74, 6) is -0.408. The standard InChI is InChI=1S/C9H14O4/c1-2-9(10)12-6-5-11-4-3-8-7-13-8/h2,8H,1,3-7H2. The molecule has 0 saturated carbocycles. The second kappa shape index (κ2) is 5.72. The molecule has 0 aliphatic carbocycles. The van der Waals surface area contributed by atoms with Crippen LogP contribution in [0, 0.1) is 0 Å². The van der Waals surface area contributed by atoms with E-state index in [-0.39, 0.29) is 6.61 Å². The third-order valence-corrected chi connectivity index (χ3v) is 1.63. The molecule has 1 heterocycles. The van der Waals surface area contributed by atoms with Gasteiger partial charge in [0, 0.05) is 12.7 Å². The van der Waals surface area contributed by atoms with Crippen LogP contribution in [0.1, 0.15) is 6.42 Å². The number of hydrogen-bond acceptors (Lipinski definition) is 4. The summed E-state index contributed by atoms with van der Waals surface area (Å²) in [5.41, 5.74) is 0. The Kier molecular flexibility index (Phi) is 4.49. The molecule has 0 bridgehead atoms. The summed E-state index contributed by atoms with van der Waals surface area (Å²) in [6.07, 6.45) is 2.46. The second-order valence-electron chi connectivity index (χ2n) is 2.73. The molecule has 1 aliphatic heterocycles. The van der Waals surface area contributed by atoms with Crippen LogP contribution in [0.15, 0.2) is 12.7 Å². The number of rotatable bonds is 7. The van der Waals surface area contributed by atoms with Crippen LogP contribution < -0.4 is 0 Å². The van der Waals surface area contributed by atoms with Crippen molar-refractivity contribution in [3.05, 3.63) is 12.7 Å². The summed E-state index contributed by atoms with van der Waals surface area (Å²) in [6, 6.07) is 0. The topological polar surface area (TPSA) is 48.1 Å². The van der Waals surface area contributed by atoms with Crippen LogP contribution >= 0.6 is 0 Å². The smallest absolute Gasteiger partial charge is 0.330 e. The summed E-state index contributed by atoms with van der Waals surface area (Å²) in [5, 5.41) is 0. The van der Waals surface area contributed by atoms with Crippen molar-refractivity contribution in [1.82, 2.24) is 0 Å². The van der Waals surface area contributed by atoms with Crippen LogP contribution in [0.25, 0.3) is 0 Å². The van der Waals surface area contributed by atoms with E-state index in [0.717, 1.165) is 19.1 Å². The van der Waals surface area contributed by atoms with Gasteiger partial charge >= 0.3 is 5.97 Å². The van der Waals surface area contributed by atoms with E-state index in [4.69, 9.17) is 14.2 Å². The normalized spacial score (nSPS) is 19.5. The van der Waals surface area contributed by atoms with Crippen LogP contribution in [-0.4, -0.2) is 38.5 Å². The van der Waals surface area contributed by atoms with Crippen LogP contribution in [0.5, 0.6) is 0 Å². The van der Waals surface area contributed by atoms with E-state index >= 15 is 0 Å². The Morgan fingerprint density at radius 1 is 1.54 bits per heavy atom. The zero-order valence-corrected chi connectivity index (χ0v) is 7.53. The molecule has 1 aliphatic rings. The molecule has 0 aromatic rings. The van der Waals surface area contributed by atoms with Gasteiger partial charge in [-0.1, -0.05) is 6.58 Å². The third kappa shape index (κ3) is 5.38. The van der Waals surface area contributed by atoms with Gasteiger partial charge in [0.1, 0.15) is 6.61 Å². The second-order valence-corrected chi connectivity index (χ2v) is 2.73. The van der Waals surface area contributed by atoms with Gasteiger partial charge in [-0.2, -0.15) is 0 Å². The van der Waals surface area contributed by atoms with Crippen molar-refractivity contribution in [1.29, 1.82) is 0 Å². The third-order valence-electron chi connectivity index (χ3n) is 1.63. The molecule has 0 spiro atoms. The van der Waals surface area contributed by atoms with Gasteiger partial charge < -0.3 is 14.2 Å². The van der Waals surface area contributed by atoms with Crippen molar-refractivity contribution in [2.45, 2.75) is 12.5 Å². The quantitative estimate of drug-likeness (QED) is 0.252. The summed E-state index contributed by atoms with van der Waals surface area (Å²) in [7, 11) is 0. The van der Waals surface area contributed by atoms with E-state index in [1.807, 2.05) is 0 Å². The summed E-state index contributed by atoms with van der Waals surface area (Å²) < 4.78 is 14.9. The lowest BCUT2D eigenvalue weighted by molar-refractivity contribution is -0.139. The number of esters is 1. The lowest BCUT2D eigenvalue weighted by Gasteiger charge is -2.02. The average molecular weight is 186 g/mol. The van der Waals surface area contributed by atoms with Crippen molar-refractivity contribution in [3.8, 4) is 0 Å². The Morgan fingerprint density at radius 2 is 2.31 bits per heavy atom. The van der Waals surface area contributed by atoms with Gasteiger partial charge in [0.2, 0.25) is 0 Å². The number of carbonyl (C=O) groups excluding carboxylic acids is 1. The fraction of sp³-hybridized carbons (Fsp3) is 0.667. The summed E-state index contributed by atoms with van der Waals surface area (Å²) >= 11 is 0. The molecule has 0 radical (unpaired) electrons. The van der Waals surface area contributed by atoms with E-state index in [0.29, 0.717) is 19.3 Å². The molecular formula is C9H14O4. The molecule has 0 aromatic carbocycles. The van der Waals surface area contributed by atoms with Crippen molar-refractivity contribution >= 4 is 5.97 Å². The van der Waals surface area contributed by atoms with Crippen molar-refractivity contribution in [3.63, 3.8) is 0 Å². The SMILES string of the molecule is C=CC(=O)OCCOCCC1CO1. The Morgan fingerprint density at radius 3 is 2.92 bits per heavy atom. The first-order valence-electron chi connectivity index (χ1n) is 4.31. The zero-order chi connectivity index (χ0) is 9.52. The van der Waals surface area contributed by atoms with E-state index in [1.54, 1.807) is 0 Å². The Labute approximate surface area is 77.5 Å². The van der Waals surface area contributed by atoms with Gasteiger partial charge in [-0.25, -0.2) is 4.79 Å². The zero-order valence-electron chi connectivity index (χ0n) is 7.53. The maximum Gasteiger partial charge on any atom is 0.330 e. The summed E-state index contributed by atoms with van der Waals surface area (Å²) in [4.78, 5) is 10.5. The molecule has 1 saturated heterocycles. The first kappa shape index (κ1) is 10.2. The molecule has 1 rings (SSSR count). The minimum Gasteiger partial charge on any atom is -0.460 e. The average Bonchev–Trinajstić information content (AvgIpc) is 2.94. The van der Waals surface area contributed by atoms with Gasteiger partial charge in [-0.3, -0.25) is 0 Å². The van der Waals surface area contributed by atoms with Crippen molar-refractivity contribution in [2.75, 3.05) is 26.4 Å². The molecule has 0 N–H and O–H groups in total. The highest BCUT2D eigenvalue weighted by Gasteiger charge is 2.21. The molecule has 4 nitrogen and oxygen atoms in total. The molecule has 4 heteroatoms. The monoisotopic (exact) mass is 186 g/mol. The van der Waals surface area contributed by atoms with Gasteiger partial charge in [0.05, 0.1) is 19.3 Å². The lowest BCUT2D eigenvalue weighted by atomic mass is 10.3. The molecule has 74 valence electrons. The summed E-state index contributed by atoms with van der Waals surface area (Å²) in [6.45, 7) is 5.52. The Bertz CT molecular complexity index is 174. The number of hydrogen-bond donors (Lipinski definition) is 0. The molecule has 0 aromatic heterocycles. The van der Waals surface area contributed by atoms with Crippen molar-refractivity contribution < 1.29 is 19.0 Å². The Hall–Kier alpha value is -0.870. The first-order chi connectivity index (χ1) is 6.33. The molecule has 1 atom stereocenters. The Balaban J connectivity index is 1.77. The van der Waals surface area contributed by atoms with Crippen molar-refractivity contribution in [2.24, 2.45) is 0 Å². The van der Waals surface area contributed by atoms with E-state index in [9.17, 15) is 4.79 Å². The highest BCUT2D eigenvalue weighted by molar-refractivity contribution is 5.81. The fourth-order valence-electron chi connectivity index (χ4n) is 0.812. The number of ether oxygens (including phenoxy) is 3. The minimum atomic E-state index is -0.408. The first-order valence-corrected chi connectivity index (χ1v) is 4.31. The number of epoxide rings is 1. The number of carbonyl (C=O) groups is 1. The molecular weight excluding hydrogens is 172 g/mol. The predicted molar refractivity (Wildman–Crippen MR) is 46.3 cm³/mol. The molecule has 13 heavy (non-hydrogen) atoms. The van der Waals surface area contributed by atoms with Gasteiger partial charge in [-0.05, 0) is 6.42 Å². The van der Waals surface area contributed by atoms with Gasteiger partial charge in [0.15, 0.2) is 0 Å². The van der Waals surface area contributed by atoms with Crippen LogP contribution in [-0.2, 0) is 19.0 Å². The van der Waals surface area contributed by atoms with Crippen LogP contribution in [0.2, 0.25) is 0 Å². The van der Waals surface area contributed by atoms with Gasteiger partial charge in [-0.15, -0.1) is 0 Å². The van der Waals surface area contributed by atoms with Crippen LogP contribution in [0.4, 0.5) is 0 Å². The van der Waals surface area contributed by atoms with Gasteiger partial charge in [0.25, 0.3) is 0 Å². The molecule has 0 amide bonds. The fourth-order valence-corrected chi connectivity index (χ4v) is 0.812. The molecule has 1 unspecified atom stereocenters. The van der Waals surface area contributed by atoms with E-state index in [1.165, 1.54) is 0 Å². The van der Waals surface area contributed by atoms with E-state index < -0.39 is 5.97 Å². The molecule has 1 fully saturated rings. The predicted octanol–water partition coefficient (Wildman–Crippen LogP) is 0.521. The lowest BCUT2D eigenvalue weighted by Crippen LogP contribution is -2.09.